The first-order valence-electron chi connectivity index (χ1n) is 7.42. The summed E-state index contributed by atoms with van der Waals surface area (Å²) in [5.74, 6) is 0.782. The summed E-state index contributed by atoms with van der Waals surface area (Å²) in [5, 5.41) is 6.90. The van der Waals surface area contributed by atoms with Gasteiger partial charge in [0.25, 0.3) is 0 Å². The van der Waals surface area contributed by atoms with Gasteiger partial charge in [-0.1, -0.05) is 12.1 Å². The van der Waals surface area contributed by atoms with Crippen molar-refractivity contribution >= 4 is 0 Å². The molecule has 1 aromatic carbocycles. The van der Waals surface area contributed by atoms with E-state index in [1.807, 2.05) is 19.1 Å². The monoisotopic (exact) mass is 264 g/mol. The molecule has 1 fully saturated rings. The summed E-state index contributed by atoms with van der Waals surface area (Å²) in [7, 11) is 0. The number of piperidine rings is 1. The number of rotatable bonds is 6. The number of benzene rings is 1. The highest BCUT2D eigenvalue weighted by Gasteiger charge is 2.11. The van der Waals surface area contributed by atoms with Gasteiger partial charge in [0.15, 0.2) is 0 Å². The lowest BCUT2D eigenvalue weighted by atomic mass is 9.95. The van der Waals surface area contributed by atoms with E-state index in [1.54, 1.807) is 6.07 Å². The first-order chi connectivity index (χ1) is 9.25. The lowest BCUT2D eigenvalue weighted by Crippen LogP contribution is -2.30. The van der Waals surface area contributed by atoms with Gasteiger partial charge < -0.3 is 10.6 Å². The molecule has 0 unspecified atom stereocenters. The zero-order valence-corrected chi connectivity index (χ0v) is 11.8. The van der Waals surface area contributed by atoms with E-state index in [2.05, 4.69) is 10.6 Å². The third-order valence-corrected chi connectivity index (χ3v) is 4.00. The molecule has 1 saturated heterocycles. The predicted octanol–water partition coefficient (Wildman–Crippen LogP) is 2.66. The SMILES string of the molecule is Cc1cc(CCNCCC2CCNCC2)ccc1F. The molecule has 0 saturated carbocycles. The molecule has 0 amide bonds. The predicted molar refractivity (Wildman–Crippen MR) is 77.9 cm³/mol. The van der Waals surface area contributed by atoms with Crippen LogP contribution in [-0.2, 0) is 6.42 Å². The highest BCUT2D eigenvalue weighted by atomic mass is 19.1. The van der Waals surface area contributed by atoms with E-state index in [9.17, 15) is 4.39 Å². The molecular weight excluding hydrogens is 239 g/mol. The standard InChI is InChI=1S/C16H25FN2/c1-13-12-15(2-3-16(13)17)7-11-19-10-6-14-4-8-18-9-5-14/h2-3,12,14,18-19H,4-11H2,1H3. The number of halogens is 1. The lowest BCUT2D eigenvalue weighted by Gasteiger charge is -2.22. The van der Waals surface area contributed by atoms with E-state index < -0.39 is 0 Å². The number of hydrogen-bond donors (Lipinski definition) is 2. The molecule has 0 spiro atoms. The first-order valence-corrected chi connectivity index (χ1v) is 7.42. The normalized spacial score (nSPS) is 16.7. The van der Waals surface area contributed by atoms with E-state index in [1.165, 1.54) is 37.9 Å². The van der Waals surface area contributed by atoms with E-state index in [0.717, 1.165) is 31.0 Å². The Labute approximate surface area is 115 Å². The summed E-state index contributed by atoms with van der Waals surface area (Å²) in [6.45, 7) is 6.27. The average Bonchev–Trinajstić information content (AvgIpc) is 2.43. The fourth-order valence-corrected chi connectivity index (χ4v) is 2.70. The molecule has 19 heavy (non-hydrogen) atoms. The van der Waals surface area contributed by atoms with Crippen molar-refractivity contribution in [1.82, 2.24) is 10.6 Å². The van der Waals surface area contributed by atoms with E-state index in [0.29, 0.717) is 0 Å². The Hall–Kier alpha value is -0.930. The summed E-state index contributed by atoms with van der Waals surface area (Å²) in [6, 6.07) is 5.40. The van der Waals surface area contributed by atoms with Crippen LogP contribution in [0.4, 0.5) is 4.39 Å². The molecule has 0 radical (unpaired) electrons. The zero-order chi connectivity index (χ0) is 13.5. The van der Waals surface area contributed by atoms with Gasteiger partial charge in [0.05, 0.1) is 0 Å². The Morgan fingerprint density at radius 2 is 2.05 bits per heavy atom. The minimum atomic E-state index is -0.109. The minimum Gasteiger partial charge on any atom is -0.317 e. The number of nitrogens with one attached hydrogen (secondary N) is 2. The van der Waals surface area contributed by atoms with Crippen LogP contribution in [0, 0.1) is 18.7 Å². The van der Waals surface area contributed by atoms with E-state index in [-0.39, 0.29) is 5.82 Å². The largest absolute Gasteiger partial charge is 0.317 e. The Bertz CT molecular complexity index is 386. The molecule has 0 aliphatic carbocycles. The topological polar surface area (TPSA) is 24.1 Å². The first kappa shape index (κ1) is 14.5. The summed E-state index contributed by atoms with van der Waals surface area (Å²) >= 11 is 0. The number of hydrogen-bond acceptors (Lipinski definition) is 2. The Morgan fingerprint density at radius 3 is 2.79 bits per heavy atom. The average molecular weight is 264 g/mol. The molecule has 2 nitrogen and oxygen atoms in total. The second-order valence-corrected chi connectivity index (χ2v) is 5.57. The van der Waals surface area contributed by atoms with Crippen LogP contribution in [-0.4, -0.2) is 26.2 Å². The maximum absolute atomic E-state index is 13.1. The quantitative estimate of drug-likeness (QED) is 0.772. The van der Waals surface area contributed by atoms with Crippen molar-refractivity contribution in [2.45, 2.75) is 32.6 Å². The second-order valence-electron chi connectivity index (χ2n) is 5.57. The highest BCUT2D eigenvalue weighted by molar-refractivity contribution is 5.24. The van der Waals surface area contributed by atoms with Gasteiger partial charge in [0.1, 0.15) is 5.82 Å². The smallest absolute Gasteiger partial charge is 0.126 e. The van der Waals surface area contributed by atoms with Crippen LogP contribution in [0.1, 0.15) is 30.4 Å². The second kappa shape index (κ2) is 7.61. The Morgan fingerprint density at radius 1 is 1.26 bits per heavy atom. The van der Waals surface area contributed by atoms with Crippen LogP contribution >= 0.6 is 0 Å². The van der Waals surface area contributed by atoms with Crippen molar-refractivity contribution in [2.75, 3.05) is 26.2 Å². The minimum absolute atomic E-state index is 0.109. The summed E-state index contributed by atoms with van der Waals surface area (Å²) < 4.78 is 13.1. The third-order valence-electron chi connectivity index (χ3n) is 4.00. The van der Waals surface area contributed by atoms with Gasteiger partial charge in [-0.3, -0.25) is 0 Å². The lowest BCUT2D eigenvalue weighted by molar-refractivity contribution is 0.349. The summed E-state index contributed by atoms with van der Waals surface area (Å²) in [5.41, 5.74) is 1.96. The van der Waals surface area contributed by atoms with Crippen LogP contribution in [0.15, 0.2) is 18.2 Å². The molecular formula is C16H25FN2. The molecule has 2 N–H and O–H groups in total. The van der Waals surface area contributed by atoms with Gasteiger partial charge >= 0.3 is 0 Å². The van der Waals surface area contributed by atoms with Gasteiger partial charge in [0, 0.05) is 0 Å². The van der Waals surface area contributed by atoms with Crippen LogP contribution in [0.5, 0.6) is 0 Å². The third kappa shape index (κ3) is 4.92. The van der Waals surface area contributed by atoms with Crippen molar-refractivity contribution < 1.29 is 4.39 Å². The van der Waals surface area contributed by atoms with Crippen LogP contribution in [0.3, 0.4) is 0 Å². The van der Waals surface area contributed by atoms with E-state index >= 15 is 0 Å². The molecule has 1 aliphatic heterocycles. The molecule has 1 aromatic rings. The van der Waals surface area contributed by atoms with Crippen molar-refractivity contribution in [3.8, 4) is 0 Å². The van der Waals surface area contributed by atoms with Gasteiger partial charge in [-0.15, -0.1) is 0 Å². The van der Waals surface area contributed by atoms with Crippen LogP contribution in [0.2, 0.25) is 0 Å². The van der Waals surface area contributed by atoms with Crippen molar-refractivity contribution in [3.63, 3.8) is 0 Å². The van der Waals surface area contributed by atoms with Gasteiger partial charge in [-0.25, -0.2) is 4.39 Å². The van der Waals surface area contributed by atoms with Crippen molar-refractivity contribution in [3.05, 3.63) is 35.1 Å². The van der Waals surface area contributed by atoms with Crippen molar-refractivity contribution in [1.29, 1.82) is 0 Å². The zero-order valence-electron chi connectivity index (χ0n) is 11.8. The van der Waals surface area contributed by atoms with Crippen LogP contribution in [0.25, 0.3) is 0 Å². The Kier molecular flexibility index (Phi) is 5.80. The van der Waals surface area contributed by atoms with Crippen molar-refractivity contribution in [2.24, 2.45) is 5.92 Å². The van der Waals surface area contributed by atoms with Gasteiger partial charge in [-0.2, -0.15) is 0 Å². The summed E-state index contributed by atoms with van der Waals surface area (Å²) in [4.78, 5) is 0. The molecule has 3 heteroatoms. The fourth-order valence-electron chi connectivity index (χ4n) is 2.70. The molecule has 106 valence electrons. The molecule has 1 aliphatic rings. The maximum Gasteiger partial charge on any atom is 0.126 e. The van der Waals surface area contributed by atoms with E-state index in [4.69, 9.17) is 0 Å². The van der Waals surface area contributed by atoms with Gasteiger partial charge in [-0.05, 0) is 81.9 Å². The highest BCUT2D eigenvalue weighted by Crippen LogP contribution is 2.14. The van der Waals surface area contributed by atoms with Gasteiger partial charge in [0.2, 0.25) is 0 Å². The molecule has 1 heterocycles. The fraction of sp³-hybridized carbons (Fsp3) is 0.625. The molecule has 0 atom stereocenters. The summed E-state index contributed by atoms with van der Waals surface area (Å²) in [6.07, 6.45) is 4.90. The molecule has 0 aromatic heterocycles. The molecule has 2 rings (SSSR count). The number of aryl methyl sites for hydroxylation is 1. The molecule has 0 bridgehead atoms. The Balaban J connectivity index is 1.59. The maximum atomic E-state index is 13.1. The van der Waals surface area contributed by atoms with Crippen LogP contribution < -0.4 is 10.6 Å².